The standard InChI is InChI=1S/C12H10BrN3O4/c1-2-20-12(19)10-8(11(17)18)6-16(15-10)9-4-3-7(13)5-14-9/h3-6H,2H2,1H3,(H,17,18). The van der Waals surface area contributed by atoms with E-state index in [1.165, 1.54) is 10.9 Å². The summed E-state index contributed by atoms with van der Waals surface area (Å²) in [5, 5.41) is 13.0. The molecule has 8 heteroatoms. The fourth-order valence-electron chi connectivity index (χ4n) is 1.50. The quantitative estimate of drug-likeness (QED) is 0.855. The zero-order valence-electron chi connectivity index (χ0n) is 10.4. The van der Waals surface area contributed by atoms with E-state index in [9.17, 15) is 9.59 Å². The molecule has 1 N–H and O–H groups in total. The zero-order chi connectivity index (χ0) is 14.7. The summed E-state index contributed by atoms with van der Waals surface area (Å²) in [6, 6.07) is 3.37. The second-order valence-electron chi connectivity index (χ2n) is 3.70. The highest BCUT2D eigenvalue weighted by molar-refractivity contribution is 9.10. The molecule has 0 atom stereocenters. The molecule has 2 aromatic rings. The molecule has 0 aliphatic rings. The Morgan fingerprint density at radius 2 is 2.20 bits per heavy atom. The number of rotatable bonds is 4. The van der Waals surface area contributed by atoms with Crippen LogP contribution in [0, 0.1) is 0 Å². The molecule has 7 nitrogen and oxygen atoms in total. The number of hydrogen-bond donors (Lipinski definition) is 1. The Labute approximate surface area is 122 Å². The Hall–Kier alpha value is -2.22. The van der Waals surface area contributed by atoms with Gasteiger partial charge in [-0.05, 0) is 35.0 Å². The van der Waals surface area contributed by atoms with Gasteiger partial charge in [0.2, 0.25) is 0 Å². The maximum absolute atomic E-state index is 11.7. The molecule has 0 amide bonds. The number of halogens is 1. The zero-order valence-corrected chi connectivity index (χ0v) is 12.0. The fourth-order valence-corrected chi connectivity index (χ4v) is 1.74. The highest BCUT2D eigenvalue weighted by Crippen LogP contribution is 2.14. The van der Waals surface area contributed by atoms with Gasteiger partial charge < -0.3 is 9.84 Å². The molecule has 0 aliphatic carbocycles. The van der Waals surface area contributed by atoms with Crippen molar-refractivity contribution in [3.8, 4) is 5.82 Å². The minimum absolute atomic E-state index is 0.140. The van der Waals surface area contributed by atoms with Gasteiger partial charge in [0, 0.05) is 16.9 Å². The van der Waals surface area contributed by atoms with Crippen LogP contribution in [-0.2, 0) is 4.74 Å². The Kier molecular flexibility index (Phi) is 4.14. The van der Waals surface area contributed by atoms with E-state index in [0.717, 1.165) is 4.47 Å². The Bertz CT molecular complexity index is 651. The number of carbonyl (C=O) groups is 2. The van der Waals surface area contributed by atoms with Crippen LogP contribution in [0.5, 0.6) is 0 Å². The van der Waals surface area contributed by atoms with Crippen LogP contribution in [0.4, 0.5) is 0 Å². The molecule has 0 saturated heterocycles. The predicted octanol–water partition coefficient (Wildman–Crippen LogP) is 1.90. The van der Waals surface area contributed by atoms with Gasteiger partial charge >= 0.3 is 11.9 Å². The summed E-state index contributed by atoms with van der Waals surface area (Å²) in [7, 11) is 0. The first-order valence-corrected chi connectivity index (χ1v) is 6.44. The van der Waals surface area contributed by atoms with E-state index in [0.29, 0.717) is 5.82 Å². The van der Waals surface area contributed by atoms with Gasteiger partial charge in [0.1, 0.15) is 5.56 Å². The van der Waals surface area contributed by atoms with Crippen LogP contribution in [-0.4, -0.2) is 38.4 Å². The van der Waals surface area contributed by atoms with E-state index in [2.05, 4.69) is 26.0 Å². The fraction of sp³-hybridized carbons (Fsp3) is 0.167. The molecule has 0 spiro atoms. The van der Waals surface area contributed by atoms with Crippen LogP contribution in [0.25, 0.3) is 5.82 Å². The molecule has 0 radical (unpaired) electrons. The van der Waals surface area contributed by atoms with E-state index in [1.807, 2.05) is 0 Å². The van der Waals surface area contributed by atoms with Crippen LogP contribution in [0.3, 0.4) is 0 Å². The maximum Gasteiger partial charge on any atom is 0.359 e. The van der Waals surface area contributed by atoms with E-state index >= 15 is 0 Å². The van der Waals surface area contributed by atoms with Gasteiger partial charge in [0.15, 0.2) is 11.5 Å². The summed E-state index contributed by atoms with van der Waals surface area (Å²) in [6.07, 6.45) is 2.77. The highest BCUT2D eigenvalue weighted by Gasteiger charge is 2.23. The lowest BCUT2D eigenvalue weighted by molar-refractivity contribution is 0.0507. The first-order chi connectivity index (χ1) is 9.52. The van der Waals surface area contributed by atoms with Crippen LogP contribution < -0.4 is 0 Å². The maximum atomic E-state index is 11.7. The Morgan fingerprint density at radius 3 is 2.75 bits per heavy atom. The van der Waals surface area contributed by atoms with Crippen molar-refractivity contribution in [3.63, 3.8) is 0 Å². The molecule has 20 heavy (non-hydrogen) atoms. The molecular weight excluding hydrogens is 330 g/mol. The number of ether oxygens (including phenoxy) is 1. The lowest BCUT2D eigenvalue weighted by atomic mass is 10.2. The number of carboxylic acids is 1. The highest BCUT2D eigenvalue weighted by atomic mass is 79.9. The molecule has 2 aromatic heterocycles. The number of aromatic carboxylic acids is 1. The molecule has 0 aliphatic heterocycles. The number of pyridine rings is 1. The molecular formula is C12H10BrN3O4. The molecule has 2 rings (SSSR count). The average Bonchev–Trinajstić information content (AvgIpc) is 2.85. The third kappa shape index (κ3) is 2.85. The number of nitrogens with zero attached hydrogens (tertiary/aromatic N) is 3. The van der Waals surface area contributed by atoms with Crippen LogP contribution in [0.2, 0.25) is 0 Å². The predicted molar refractivity (Wildman–Crippen MR) is 72.0 cm³/mol. The summed E-state index contributed by atoms with van der Waals surface area (Å²) in [4.78, 5) is 26.9. The van der Waals surface area contributed by atoms with Crippen molar-refractivity contribution in [2.45, 2.75) is 6.92 Å². The molecule has 104 valence electrons. The number of carbonyl (C=O) groups excluding carboxylic acids is 1. The lowest BCUT2D eigenvalue weighted by Crippen LogP contribution is -2.11. The van der Waals surface area contributed by atoms with Crippen molar-refractivity contribution in [1.82, 2.24) is 14.8 Å². The van der Waals surface area contributed by atoms with Crippen molar-refractivity contribution in [2.75, 3.05) is 6.61 Å². The molecule has 2 heterocycles. The summed E-state index contributed by atoms with van der Waals surface area (Å²) >= 11 is 3.24. The largest absolute Gasteiger partial charge is 0.478 e. The first kappa shape index (κ1) is 14.2. The van der Waals surface area contributed by atoms with E-state index < -0.39 is 11.9 Å². The normalized spacial score (nSPS) is 10.3. The molecule has 0 saturated carbocycles. The second-order valence-corrected chi connectivity index (χ2v) is 4.61. The summed E-state index contributed by atoms with van der Waals surface area (Å²) in [5.41, 5.74) is -0.475. The smallest absolute Gasteiger partial charge is 0.359 e. The second kappa shape index (κ2) is 5.83. The molecule has 0 unspecified atom stereocenters. The van der Waals surface area contributed by atoms with Gasteiger partial charge in [-0.25, -0.2) is 19.3 Å². The minimum atomic E-state index is -1.25. The molecule has 0 aromatic carbocycles. The SMILES string of the molecule is CCOC(=O)c1nn(-c2ccc(Br)cn2)cc1C(=O)O. The van der Waals surface area contributed by atoms with Crippen molar-refractivity contribution < 1.29 is 19.4 Å². The monoisotopic (exact) mass is 339 g/mol. The minimum Gasteiger partial charge on any atom is -0.478 e. The van der Waals surface area contributed by atoms with Gasteiger partial charge in [0.05, 0.1) is 6.61 Å². The van der Waals surface area contributed by atoms with Gasteiger partial charge in [0.25, 0.3) is 0 Å². The van der Waals surface area contributed by atoms with Crippen LogP contribution in [0.15, 0.2) is 29.0 Å². The van der Waals surface area contributed by atoms with Gasteiger partial charge in [-0.3, -0.25) is 0 Å². The van der Waals surface area contributed by atoms with Crippen LogP contribution in [0.1, 0.15) is 27.8 Å². The summed E-state index contributed by atoms with van der Waals surface area (Å²) in [6.45, 7) is 1.77. The van der Waals surface area contributed by atoms with Crippen molar-refractivity contribution in [3.05, 3.63) is 40.3 Å². The topological polar surface area (TPSA) is 94.3 Å². The Balaban J connectivity index is 2.46. The number of esters is 1. The number of hydrogen-bond acceptors (Lipinski definition) is 5. The van der Waals surface area contributed by atoms with Gasteiger partial charge in [-0.1, -0.05) is 0 Å². The average molecular weight is 340 g/mol. The lowest BCUT2D eigenvalue weighted by Gasteiger charge is -2.00. The van der Waals surface area contributed by atoms with E-state index in [4.69, 9.17) is 9.84 Å². The van der Waals surface area contributed by atoms with Gasteiger partial charge in [-0.2, -0.15) is 5.10 Å². The van der Waals surface area contributed by atoms with Gasteiger partial charge in [-0.15, -0.1) is 0 Å². The number of aromatic nitrogens is 3. The van der Waals surface area contributed by atoms with E-state index in [-0.39, 0.29) is 17.9 Å². The van der Waals surface area contributed by atoms with Crippen molar-refractivity contribution in [1.29, 1.82) is 0 Å². The first-order valence-electron chi connectivity index (χ1n) is 5.65. The van der Waals surface area contributed by atoms with E-state index in [1.54, 1.807) is 25.3 Å². The number of carboxylic acid groups (broad SMARTS) is 1. The summed E-state index contributed by atoms with van der Waals surface area (Å²) in [5.74, 6) is -1.64. The summed E-state index contributed by atoms with van der Waals surface area (Å²) < 4.78 is 6.78. The van der Waals surface area contributed by atoms with Crippen molar-refractivity contribution in [2.24, 2.45) is 0 Å². The van der Waals surface area contributed by atoms with Crippen LogP contribution >= 0.6 is 15.9 Å². The molecule has 0 fully saturated rings. The molecule has 0 bridgehead atoms. The Morgan fingerprint density at radius 1 is 1.45 bits per heavy atom. The van der Waals surface area contributed by atoms with Crippen molar-refractivity contribution >= 4 is 27.9 Å². The third-order valence-electron chi connectivity index (χ3n) is 2.36. The third-order valence-corrected chi connectivity index (χ3v) is 2.83.